The second-order valence-electron chi connectivity index (χ2n) is 6.91. The van der Waals surface area contributed by atoms with Crippen molar-refractivity contribution in [2.45, 2.75) is 40.0 Å². The van der Waals surface area contributed by atoms with Crippen molar-refractivity contribution in [3.63, 3.8) is 0 Å². The fourth-order valence-electron chi connectivity index (χ4n) is 3.20. The molecule has 0 bridgehead atoms. The van der Waals surface area contributed by atoms with Gasteiger partial charge in [-0.1, -0.05) is 18.2 Å². The lowest BCUT2D eigenvalue weighted by molar-refractivity contribution is -0.136. The first-order valence-electron chi connectivity index (χ1n) is 9.42. The number of aryl methyl sites for hydroxylation is 1. The summed E-state index contributed by atoms with van der Waals surface area (Å²) in [4.78, 5) is 11.4. The second-order valence-corrected chi connectivity index (χ2v) is 7.77. The van der Waals surface area contributed by atoms with Crippen LogP contribution in [0.1, 0.15) is 39.1 Å². The Morgan fingerprint density at radius 3 is 2.57 bits per heavy atom. The predicted molar refractivity (Wildman–Crippen MR) is 113 cm³/mol. The van der Waals surface area contributed by atoms with E-state index in [1.54, 1.807) is 24.3 Å². The second kappa shape index (κ2) is 9.51. The quantitative estimate of drug-likeness (QED) is 0.526. The normalized spacial score (nSPS) is 10.6. The number of aromatic nitrogens is 1. The lowest BCUT2D eigenvalue weighted by atomic mass is 9.99. The third-order valence-corrected chi connectivity index (χ3v) is 5.96. The first kappa shape index (κ1) is 21.5. The number of alkyl halides is 1. The zero-order valence-electron chi connectivity index (χ0n) is 16.7. The molecule has 0 radical (unpaired) electrons. The Kier molecular flexibility index (Phi) is 6.80. The molecule has 1 aromatic heterocycles. The maximum absolute atomic E-state index is 13.5. The summed E-state index contributed by atoms with van der Waals surface area (Å²) >= 11 is 1.11. The Labute approximate surface area is 178 Å². The van der Waals surface area contributed by atoms with Crippen molar-refractivity contribution < 1.29 is 19.0 Å². The highest BCUT2D eigenvalue weighted by atomic mass is 32.1. The third kappa shape index (κ3) is 4.66. The van der Waals surface area contributed by atoms with Gasteiger partial charge in [0, 0.05) is 17.5 Å². The maximum Gasteiger partial charge on any atom is 0.303 e. The third-order valence-electron chi connectivity index (χ3n) is 5.11. The number of rotatable bonds is 8. The van der Waals surface area contributed by atoms with Gasteiger partial charge < -0.3 is 9.84 Å². The SMILES string of the molecule is Cc1c(CCC(=O)O)ccc(OCc2c(-c3ccc(C#N)cc3)nsc2CF)c1C. The van der Waals surface area contributed by atoms with Crippen LogP contribution in [-0.2, 0) is 24.5 Å². The summed E-state index contributed by atoms with van der Waals surface area (Å²) < 4.78 is 24.0. The monoisotopic (exact) mass is 424 g/mol. The molecule has 0 amide bonds. The highest BCUT2D eigenvalue weighted by molar-refractivity contribution is 7.06. The van der Waals surface area contributed by atoms with Gasteiger partial charge >= 0.3 is 5.97 Å². The number of nitriles is 1. The van der Waals surface area contributed by atoms with E-state index in [9.17, 15) is 9.18 Å². The largest absolute Gasteiger partial charge is 0.488 e. The van der Waals surface area contributed by atoms with Gasteiger partial charge in [0.2, 0.25) is 0 Å². The molecule has 7 heteroatoms. The molecule has 0 fully saturated rings. The van der Waals surface area contributed by atoms with Crippen LogP contribution in [0.3, 0.4) is 0 Å². The topological polar surface area (TPSA) is 83.2 Å². The van der Waals surface area contributed by atoms with Crippen molar-refractivity contribution in [2.75, 3.05) is 0 Å². The number of carbonyl (C=O) groups is 1. The summed E-state index contributed by atoms with van der Waals surface area (Å²) in [6.45, 7) is 3.41. The predicted octanol–water partition coefficient (Wildman–Crippen LogP) is 5.36. The van der Waals surface area contributed by atoms with Crippen LogP contribution in [0.2, 0.25) is 0 Å². The van der Waals surface area contributed by atoms with Gasteiger partial charge in [0.25, 0.3) is 0 Å². The van der Waals surface area contributed by atoms with Crippen LogP contribution in [0.5, 0.6) is 5.75 Å². The number of ether oxygens (including phenoxy) is 1. The van der Waals surface area contributed by atoms with Crippen molar-refractivity contribution >= 4 is 17.5 Å². The molecular formula is C23H21FN2O3S. The smallest absolute Gasteiger partial charge is 0.303 e. The number of hydrogen-bond donors (Lipinski definition) is 1. The van der Waals surface area contributed by atoms with Gasteiger partial charge in [-0.3, -0.25) is 4.79 Å². The van der Waals surface area contributed by atoms with Crippen molar-refractivity contribution in [3.8, 4) is 23.1 Å². The highest BCUT2D eigenvalue weighted by Crippen LogP contribution is 2.32. The molecule has 30 heavy (non-hydrogen) atoms. The van der Waals surface area contributed by atoms with E-state index in [1.807, 2.05) is 26.0 Å². The Hall–Kier alpha value is -3.24. The Morgan fingerprint density at radius 2 is 1.93 bits per heavy atom. The molecule has 0 unspecified atom stereocenters. The summed E-state index contributed by atoms with van der Waals surface area (Å²) in [5.41, 5.74) is 5.61. The number of nitrogens with zero attached hydrogens (tertiary/aromatic N) is 2. The molecule has 154 valence electrons. The van der Waals surface area contributed by atoms with Crippen LogP contribution in [0.4, 0.5) is 4.39 Å². The summed E-state index contributed by atoms with van der Waals surface area (Å²) in [6.07, 6.45) is 0.542. The van der Waals surface area contributed by atoms with Gasteiger partial charge in [-0.2, -0.15) is 9.64 Å². The summed E-state index contributed by atoms with van der Waals surface area (Å²) in [5, 5.41) is 17.9. The van der Waals surface area contributed by atoms with Gasteiger partial charge in [0.05, 0.1) is 22.2 Å². The van der Waals surface area contributed by atoms with Gasteiger partial charge in [-0.25, -0.2) is 4.39 Å². The fraction of sp³-hybridized carbons (Fsp3) is 0.261. The molecule has 2 aromatic carbocycles. The van der Waals surface area contributed by atoms with Crippen LogP contribution in [0, 0.1) is 25.2 Å². The van der Waals surface area contributed by atoms with Gasteiger partial charge in [-0.15, -0.1) is 0 Å². The van der Waals surface area contributed by atoms with Crippen molar-refractivity contribution in [2.24, 2.45) is 0 Å². The summed E-state index contributed by atoms with van der Waals surface area (Å²) in [7, 11) is 0. The van der Waals surface area contributed by atoms with Crippen LogP contribution in [0.25, 0.3) is 11.3 Å². The van der Waals surface area contributed by atoms with E-state index in [4.69, 9.17) is 15.1 Å². The minimum Gasteiger partial charge on any atom is -0.488 e. The number of carboxylic acid groups (broad SMARTS) is 1. The van der Waals surface area contributed by atoms with Crippen LogP contribution >= 0.6 is 11.5 Å². The minimum absolute atomic E-state index is 0.0782. The Morgan fingerprint density at radius 1 is 1.20 bits per heavy atom. The minimum atomic E-state index is -0.827. The van der Waals surface area contributed by atoms with E-state index >= 15 is 0 Å². The first-order valence-corrected chi connectivity index (χ1v) is 10.2. The van der Waals surface area contributed by atoms with Gasteiger partial charge in [0.1, 0.15) is 19.0 Å². The summed E-state index contributed by atoms with van der Waals surface area (Å²) in [6, 6.07) is 12.8. The van der Waals surface area contributed by atoms with E-state index in [0.717, 1.165) is 33.8 Å². The number of halogens is 1. The molecule has 0 aliphatic carbocycles. The molecule has 3 rings (SSSR count). The molecule has 0 saturated heterocycles. The number of benzene rings is 2. The molecule has 5 nitrogen and oxygen atoms in total. The van der Waals surface area contributed by atoms with Crippen molar-refractivity contribution in [3.05, 3.63) is 69.1 Å². The van der Waals surface area contributed by atoms with E-state index in [-0.39, 0.29) is 13.0 Å². The van der Waals surface area contributed by atoms with Crippen LogP contribution < -0.4 is 4.74 Å². The van der Waals surface area contributed by atoms with Crippen LogP contribution in [0.15, 0.2) is 36.4 Å². The standard InChI is InChI=1S/C23H21FN2O3S/c1-14-15(2)20(9-7-17(14)8-10-22(27)28)29-13-19-21(11-24)30-26-23(19)18-5-3-16(12-25)4-6-18/h3-7,9H,8,10-11,13H2,1-2H3,(H,27,28). The molecule has 0 saturated carbocycles. The fourth-order valence-corrected chi connectivity index (χ4v) is 3.93. The number of hydrogen-bond acceptors (Lipinski definition) is 5. The Balaban J connectivity index is 1.83. The van der Waals surface area contributed by atoms with Crippen LogP contribution in [-0.4, -0.2) is 15.4 Å². The first-order chi connectivity index (χ1) is 14.4. The zero-order valence-corrected chi connectivity index (χ0v) is 17.6. The Bertz CT molecular complexity index is 1100. The van der Waals surface area contributed by atoms with Crippen molar-refractivity contribution in [1.29, 1.82) is 5.26 Å². The van der Waals surface area contributed by atoms with Crippen molar-refractivity contribution in [1.82, 2.24) is 4.37 Å². The van der Waals surface area contributed by atoms with E-state index in [2.05, 4.69) is 10.4 Å². The maximum atomic E-state index is 13.5. The molecule has 0 spiro atoms. The number of aliphatic carboxylic acids is 1. The molecule has 0 atom stereocenters. The molecule has 0 aliphatic heterocycles. The van der Waals surface area contributed by atoms with Gasteiger partial charge in [0.15, 0.2) is 0 Å². The highest BCUT2D eigenvalue weighted by Gasteiger charge is 2.17. The van der Waals surface area contributed by atoms with E-state index < -0.39 is 12.6 Å². The molecule has 1 N–H and O–H groups in total. The number of carboxylic acids is 1. The van der Waals surface area contributed by atoms with E-state index in [1.165, 1.54) is 0 Å². The van der Waals surface area contributed by atoms with Gasteiger partial charge in [-0.05, 0) is 66.7 Å². The lowest BCUT2D eigenvalue weighted by Gasteiger charge is -2.15. The molecule has 0 aliphatic rings. The molecule has 3 aromatic rings. The molecule has 1 heterocycles. The molecular weight excluding hydrogens is 403 g/mol. The average molecular weight is 424 g/mol. The van der Waals surface area contributed by atoms with E-state index in [0.29, 0.717) is 33.9 Å². The average Bonchev–Trinajstić information content (AvgIpc) is 3.17. The lowest BCUT2D eigenvalue weighted by Crippen LogP contribution is -2.04. The zero-order chi connectivity index (χ0) is 21.7. The summed E-state index contributed by atoms with van der Waals surface area (Å²) in [5.74, 6) is -0.153.